The molecule has 0 unspecified atom stereocenters. The minimum Gasteiger partial charge on any atom is -0.462 e. The van der Waals surface area contributed by atoms with Gasteiger partial charge in [-0.2, -0.15) is 0 Å². The van der Waals surface area contributed by atoms with Gasteiger partial charge in [0.25, 0.3) is 0 Å². The van der Waals surface area contributed by atoms with Crippen LogP contribution in [0.2, 0.25) is 0 Å². The standard InChI is InChI=1S/C57H110O6/c1-6-7-8-9-10-11-12-13-14-15-16-17-21-27-32-37-42-47-55(58)61-50-54(63-57(60)49-44-39-34-29-24-23-26-31-36-41-46-53(4)5)51-62-56(59)48-43-38-33-28-22-19-18-20-25-30-35-40-45-52(2)3/h52-54H,6-51H2,1-5H3/t54-/m0/s1. The van der Waals surface area contributed by atoms with Crippen LogP contribution in [-0.4, -0.2) is 37.2 Å². The number of ether oxygens (including phenoxy) is 3. The molecule has 0 aromatic carbocycles. The van der Waals surface area contributed by atoms with Crippen molar-refractivity contribution in [2.45, 2.75) is 323 Å². The number of unbranched alkanes of at least 4 members (excludes halogenated alkanes) is 36. The number of carbonyl (C=O) groups excluding carboxylic acids is 3. The van der Waals surface area contributed by atoms with Gasteiger partial charge in [0.1, 0.15) is 13.2 Å². The molecule has 0 saturated carbocycles. The van der Waals surface area contributed by atoms with Crippen molar-refractivity contribution in [3.63, 3.8) is 0 Å². The van der Waals surface area contributed by atoms with Crippen LogP contribution in [0.4, 0.5) is 0 Å². The van der Waals surface area contributed by atoms with Gasteiger partial charge in [-0.3, -0.25) is 14.4 Å². The van der Waals surface area contributed by atoms with Gasteiger partial charge in [-0.15, -0.1) is 0 Å². The van der Waals surface area contributed by atoms with E-state index in [0.717, 1.165) is 69.6 Å². The van der Waals surface area contributed by atoms with Crippen LogP contribution in [-0.2, 0) is 28.6 Å². The average Bonchev–Trinajstić information content (AvgIpc) is 3.25. The predicted molar refractivity (Wildman–Crippen MR) is 270 cm³/mol. The fourth-order valence-corrected chi connectivity index (χ4v) is 8.70. The molecule has 0 aromatic heterocycles. The first-order valence-corrected chi connectivity index (χ1v) is 28.2. The van der Waals surface area contributed by atoms with Crippen LogP contribution in [0.25, 0.3) is 0 Å². The SMILES string of the molecule is CCCCCCCCCCCCCCCCCCCC(=O)OC[C@@H](COC(=O)CCCCCCCCCCCCCCC(C)C)OC(=O)CCCCCCCCCCCCC(C)C. The second-order valence-electron chi connectivity index (χ2n) is 20.5. The van der Waals surface area contributed by atoms with Crippen LogP contribution >= 0.6 is 0 Å². The third-order valence-electron chi connectivity index (χ3n) is 13.0. The van der Waals surface area contributed by atoms with Crippen LogP contribution in [0.1, 0.15) is 317 Å². The van der Waals surface area contributed by atoms with Crippen molar-refractivity contribution in [2.75, 3.05) is 13.2 Å². The van der Waals surface area contributed by atoms with E-state index in [9.17, 15) is 14.4 Å². The zero-order valence-electron chi connectivity index (χ0n) is 43.2. The molecule has 0 aliphatic rings. The highest BCUT2D eigenvalue weighted by Gasteiger charge is 2.19. The summed E-state index contributed by atoms with van der Waals surface area (Å²) < 4.78 is 16.9. The van der Waals surface area contributed by atoms with E-state index in [0.29, 0.717) is 19.3 Å². The molecule has 6 heteroatoms. The number of esters is 3. The summed E-state index contributed by atoms with van der Waals surface area (Å²) in [7, 11) is 0. The first kappa shape index (κ1) is 61.4. The number of hydrogen-bond donors (Lipinski definition) is 0. The Morgan fingerprint density at radius 1 is 0.302 bits per heavy atom. The molecule has 0 heterocycles. The number of carbonyl (C=O) groups is 3. The Hall–Kier alpha value is -1.59. The summed E-state index contributed by atoms with van der Waals surface area (Å²) in [5, 5.41) is 0. The van der Waals surface area contributed by atoms with Crippen molar-refractivity contribution >= 4 is 17.9 Å². The topological polar surface area (TPSA) is 78.9 Å². The Balaban J connectivity index is 4.29. The van der Waals surface area contributed by atoms with Gasteiger partial charge >= 0.3 is 17.9 Å². The Labute approximate surface area is 393 Å². The van der Waals surface area contributed by atoms with Crippen LogP contribution < -0.4 is 0 Å². The van der Waals surface area contributed by atoms with Gasteiger partial charge in [-0.05, 0) is 31.1 Å². The largest absolute Gasteiger partial charge is 0.462 e. The third-order valence-corrected chi connectivity index (χ3v) is 13.0. The van der Waals surface area contributed by atoms with Crippen molar-refractivity contribution in [1.82, 2.24) is 0 Å². The summed E-state index contributed by atoms with van der Waals surface area (Å²) in [5.74, 6) is 0.808. The van der Waals surface area contributed by atoms with Gasteiger partial charge in [-0.1, -0.05) is 279 Å². The Morgan fingerprint density at radius 3 is 0.778 bits per heavy atom. The maximum Gasteiger partial charge on any atom is 0.306 e. The van der Waals surface area contributed by atoms with Gasteiger partial charge < -0.3 is 14.2 Å². The summed E-state index contributed by atoms with van der Waals surface area (Å²) >= 11 is 0. The lowest BCUT2D eigenvalue weighted by atomic mass is 10.0. The van der Waals surface area contributed by atoms with Crippen molar-refractivity contribution in [2.24, 2.45) is 11.8 Å². The third kappa shape index (κ3) is 51.3. The molecule has 0 aliphatic carbocycles. The summed E-state index contributed by atoms with van der Waals surface area (Å²) in [6.45, 7) is 11.4. The van der Waals surface area contributed by atoms with E-state index in [2.05, 4.69) is 34.6 Å². The van der Waals surface area contributed by atoms with E-state index in [1.54, 1.807) is 0 Å². The van der Waals surface area contributed by atoms with Crippen LogP contribution in [0.3, 0.4) is 0 Å². The molecule has 0 radical (unpaired) electrons. The van der Waals surface area contributed by atoms with Gasteiger partial charge in [0.2, 0.25) is 0 Å². The van der Waals surface area contributed by atoms with Crippen LogP contribution in [0.5, 0.6) is 0 Å². The van der Waals surface area contributed by atoms with Crippen LogP contribution in [0.15, 0.2) is 0 Å². The first-order chi connectivity index (χ1) is 30.7. The summed E-state index contributed by atoms with van der Waals surface area (Å²) in [4.78, 5) is 38.1. The molecular weight excluding hydrogens is 781 g/mol. The summed E-state index contributed by atoms with van der Waals surface area (Å²) in [6.07, 6.45) is 52.3. The molecule has 0 fully saturated rings. The first-order valence-electron chi connectivity index (χ1n) is 28.2. The highest BCUT2D eigenvalue weighted by Crippen LogP contribution is 2.18. The van der Waals surface area contributed by atoms with E-state index < -0.39 is 6.10 Å². The fraction of sp³-hybridized carbons (Fsp3) is 0.947. The lowest BCUT2D eigenvalue weighted by Crippen LogP contribution is -2.30. The zero-order valence-corrected chi connectivity index (χ0v) is 43.2. The minimum absolute atomic E-state index is 0.0631. The Morgan fingerprint density at radius 2 is 0.524 bits per heavy atom. The number of rotatable bonds is 51. The van der Waals surface area contributed by atoms with E-state index in [1.807, 2.05) is 0 Å². The maximum absolute atomic E-state index is 12.8. The van der Waals surface area contributed by atoms with E-state index in [4.69, 9.17) is 14.2 Å². The Bertz CT molecular complexity index is 962. The Kier molecular flexibility index (Phi) is 48.6. The monoisotopic (exact) mass is 891 g/mol. The maximum atomic E-state index is 12.8. The molecule has 374 valence electrons. The van der Waals surface area contributed by atoms with Gasteiger partial charge in [-0.25, -0.2) is 0 Å². The molecule has 0 N–H and O–H groups in total. The second kappa shape index (κ2) is 49.8. The van der Waals surface area contributed by atoms with Crippen molar-refractivity contribution < 1.29 is 28.6 Å². The fourth-order valence-electron chi connectivity index (χ4n) is 8.70. The number of hydrogen-bond acceptors (Lipinski definition) is 6. The molecule has 63 heavy (non-hydrogen) atoms. The molecule has 0 saturated heterocycles. The smallest absolute Gasteiger partial charge is 0.306 e. The quantitative estimate of drug-likeness (QED) is 0.0344. The molecule has 6 nitrogen and oxygen atoms in total. The molecule has 1 atom stereocenters. The predicted octanol–water partition coefficient (Wildman–Crippen LogP) is 18.5. The van der Waals surface area contributed by atoms with Crippen LogP contribution in [0, 0.1) is 11.8 Å². The molecule has 0 aliphatic heterocycles. The molecule has 0 amide bonds. The highest BCUT2D eigenvalue weighted by molar-refractivity contribution is 5.71. The minimum atomic E-state index is -0.762. The van der Waals surface area contributed by atoms with Gasteiger partial charge in [0.15, 0.2) is 6.10 Å². The molecular formula is C57H110O6. The molecule has 0 aromatic rings. The second-order valence-corrected chi connectivity index (χ2v) is 20.5. The van der Waals surface area contributed by atoms with Gasteiger partial charge in [0, 0.05) is 19.3 Å². The van der Waals surface area contributed by atoms with E-state index in [-0.39, 0.29) is 31.1 Å². The lowest BCUT2D eigenvalue weighted by Gasteiger charge is -2.18. The molecule has 0 bridgehead atoms. The molecule has 0 spiro atoms. The normalized spacial score (nSPS) is 12.0. The van der Waals surface area contributed by atoms with Crippen molar-refractivity contribution in [3.05, 3.63) is 0 Å². The average molecular weight is 892 g/mol. The van der Waals surface area contributed by atoms with Crippen molar-refractivity contribution in [1.29, 1.82) is 0 Å². The summed E-state index contributed by atoms with van der Waals surface area (Å²) in [6, 6.07) is 0. The lowest BCUT2D eigenvalue weighted by molar-refractivity contribution is -0.167. The van der Waals surface area contributed by atoms with E-state index >= 15 is 0 Å². The van der Waals surface area contributed by atoms with E-state index in [1.165, 1.54) is 205 Å². The van der Waals surface area contributed by atoms with Crippen molar-refractivity contribution in [3.8, 4) is 0 Å². The highest BCUT2D eigenvalue weighted by atomic mass is 16.6. The summed E-state index contributed by atoms with van der Waals surface area (Å²) in [5.41, 5.74) is 0. The molecule has 0 rings (SSSR count). The zero-order chi connectivity index (χ0) is 46.1. The van der Waals surface area contributed by atoms with Gasteiger partial charge in [0.05, 0.1) is 0 Å².